The maximum Gasteiger partial charge on any atom is 0.133 e. The average Bonchev–Trinajstić information content (AvgIpc) is 3.04. The summed E-state index contributed by atoms with van der Waals surface area (Å²) in [5.41, 5.74) is 1.33. The zero-order chi connectivity index (χ0) is 11.0. The van der Waals surface area contributed by atoms with Crippen LogP contribution in [0.1, 0.15) is 12.8 Å². The van der Waals surface area contributed by atoms with Crippen LogP contribution in [0, 0.1) is 0 Å². The molecule has 3 rings (SSSR count). The number of benzene rings is 1. The van der Waals surface area contributed by atoms with Crippen LogP contribution in [0.4, 0.5) is 5.69 Å². The quantitative estimate of drug-likeness (QED) is 0.718. The van der Waals surface area contributed by atoms with Gasteiger partial charge in [-0.1, -0.05) is 18.2 Å². The van der Waals surface area contributed by atoms with Crippen molar-refractivity contribution in [3.8, 4) is 0 Å². The summed E-state index contributed by atoms with van der Waals surface area (Å²) >= 11 is 0. The van der Waals surface area contributed by atoms with Gasteiger partial charge in [0.05, 0.1) is 0 Å². The van der Waals surface area contributed by atoms with Crippen LogP contribution >= 0.6 is 0 Å². The molecule has 3 nitrogen and oxygen atoms in total. The smallest absolute Gasteiger partial charge is 0.133 e. The molecule has 1 aromatic carbocycles. The summed E-state index contributed by atoms with van der Waals surface area (Å²) in [6.07, 6.45) is 2.08. The molecule has 0 aromatic heterocycles. The predicted octanol–water partition coefficient (Wildman–Crippen LogP) is 2.08. The SMILES string of the molecule is CN(C1=NC12CCOCC2)c1ccccc1. The summed E-state index contributed by atoms with van der Waals surface area (Å²) in [5.74, 6) is 1.22. The fourth-order valence-corrected chi connectivity index (χ4v) is 2.38. The second-order valence-electron chi connectivity index (χ2n) is 4.47. The molecule has 2 aliphatic heterocycles. The van der Waals surface area contributed by atoms with Gasteiger partial charge >= 0.3 is 0 Å². The fourth-order valence-electron chi connectivity index (χ4n) is 2.38. The molecule has 2 heterocycles. The van der Waals surface area contributed by atoms with E-state index in [1.165, 1.54) is 11.5 Å². The molecule has 1 aromatic rings. The molecule has 0 unspecified atom stereocenters. The van der Waals surface area contributed by atoms with Gasteiger partial charge in [0.1, 0.15) is 11.4 Å². The number of likely N-dealkylation sites (N-methyl/N-ethyl adjacent to an activating group) is 1. The molecule has 1 fully saturated rings. The molecule has 1 spiro atoms. The van der Waals surface area contributed by atoms with E-state index in [2.05, 4.69) is 41.2 Å². The van der Waals surface area contributed by atoms with E-state index >= 15 is 0 Å². The van der Waals surface area contributed by atoms with Crippen molar-refractivity contribution < 1.29 is 4.74 Å². The second-order valence-corrected chi connectivity index (χ2v) is 4.47. The molecule has 2 aliphatic rings. The summed E-state index contributed by atoms with van der Waals surface area (Å²) in [4.78, 5) is 6.88. The third-order valence-electron chi connectivity index (χ3n) is 3.47. The van der Waals surface area contributed by atoms with Crippen LogP contribution in [0.15, 0.2) is 35.3 Å². The molecular weight excluding hydrogens is 200 g/mol. The van der Waals surface area contributed by atoms with E-state index in [9.17, 15) is 0 Å². The third-order valence-corrected chi connectivity index (χ3v) is 3.47. The number of rotatable bonds is 1. The van der Waals surface area contributed by atoms with Gasteiger partial charge in [-0.2, -0.15) is 0 Å². The van der Waals surface area contributed by atoms with E-state index in [0.717, 1.165) is 26.1 Å². The summed E-state index contributed by atoms with van der Waals surface area (Å²) < 4.78 is 5.39. The molecule has 16 heavy (non-hydrogen) atoms. The van der Waals surface area contributed by atoms with Crippen LogP contribution < -0.4 is 4.90 Å². The van der Waals surface area contributed by atoms with E-state index in [1.54, 1.807) is 0 Å². The lowest BCUT2D eigenvalue weighted by Crippen LogP contribution is -2.36. The summed E-state index contributed by atoms with van der Waals surface area (Å²) in [7, 11) is 2.10. The van der Waals surface area contributed by atoms with Gasteiger partial charge in [0.2, 0.25) is 0 Å². The standard InChI is InChI=1S/C13H16N2O/c1-15(11-5-3-2-4-6-11)12-13(14-12)7-9-16-10-8-13/h2-6H,7-10H2,1H3. The summed E-state index contributed by atoms with van der Waals surface area (Å²) in [5, 5.41) is 0. The van der Waals surface area contributed by atoms with Crippen molar-refractivity contribution in [3.63, 3.8) is 0 Å². The van der Waals surface area contributed by atoms with Gasteiger partial charge in [-0.25, -0.2) is 0 Å². The van der Waals surface area contributed by atoms with Gasteiger partial charge in [0.25, 0.3) is 0 Å². The topological polar surface area (TPSA) is 24.8 Å². The normalized spacial score (nSPS) is 21.7. The first-order valence-corrected chi connectivity index (χ1v) is 5.79. The van der Waals surface area contributed by atoms with Crippen LogP contribution in [0.2, 0.25) is 0 Å². The van der Waals surface area contributed by atoms with Crippen LogP contribution in [0.25, 0.3) is 0 Å². The molecule has 84 valence electrons. The van der Waals surface area contributed by atoms with Crippen molar-refractivity contribution in [3.05, 3.63) is 30.3 Å². The fraction of sp³-hybridized carbons (Fsp3) is 0.462. The Hall–Kier alpha value is -1.35. The number of anilines is 1. The van der Waals surface area contributed by atoms with Crippen LogP contribution in [-0.2, 0) is 4.74 Å². The zero-order valence-electron chi connectivity index (χ0n) is 9.52. The van der Waals surface area contributed by atoms with E-state index < -0.39 is 0 Å². The third kappa shape index (κ3) is 1.52. The van der Waals surface area contributed by atoms with E-state index in [-0.39, 0.29) is 5.54 Å². The van der Waals surface area contributed by atoms with E-state index in [0.29, 0.717) is 0 Å². The number of amidine groups is 1. The Morgan fingerprint density at radius 2 is 1.88 bits per heavy atom. The van der Waals surface area contributed by atoms with Crippen molar-refractivity contribution in [1.29, 1.82) is 0 Å². The highest BCUT2D eigenvalue weighted by atomic mass is 16.5. The van der Waals surface area contributed by atoms with Crippen LogP contribution in [0.3, 0.4) is 0 Å². The Labute approximate surface area is 95.7 Å². The monoisotopic (exact) mass is 216 g/mol. The molecule has 0 radical (unpaired) electrons. The highest BCUT2D eigenvalue weighted by molar-refractivity contribution is 6.13. The van der Waals surface area contributed by atoms with Crippen molar-refractivity contribution in [2.24, 2.45) is 4.99 Å². The number of para-hydroxylation sites is 1. The largest absolute Gasteiger partial charge is 0.381 e. The van der Waals surface area contributed by atoms with Gasteiger partial charge in [-0.3, -0.25) is 4.99 Å². The molecule has 0 aliphatic carbocycles. The first kappa shape index (κ1) is 9.85. The molecule has 0 atom stereocenters. The minimum Gasteiger partial charge on any atom is -0.381 e. The van der Waals surface area contributed by atoms with Gasteiger partial charge in [-0.15, -0.1) is 0 Å². The second kappa shape index (κ2) is 3.59. The molecule has 0 bridgehead atoms. The molecule has 1 saturated heterocycles. The number of nitrogens with zero attached hydrogens (tertiary/aromatic N) is 2. The maximum atomic E-state index is 5.39. The van der Waals surface area contributed by atoms with Crippen molar-refractivity contribution in [2.75, 3.05) is 25.2 Å². The lowest BCUT2D eigenvalue weighted by molar-refractivity contribution is 0.0822. The maximum absolute atomic E-state index is 5.39. The molecule has 0 N–H and O–H groups in total. The number of hydrogen-bond acceptors (Lipinski definition) is 3. The summed E-state index contributed by atoms with van der Waals surface area (Å²) in [6, 6.07) is 10.4. The molecular formula is C13H16N2O. The van der Waals surface area contributed by atoms with Gasteiger partial charge < -0.3 is 9.64 Å². The Bertz CT molecular complexity index is 407. The van der Waals surface area contributed by atoms with Crippen molar-refractivity contribution in [1.82, 2.24) is 0 Å². The Kier molecular flexibility index (Phi) is 2.21. The lowest BCUT2D eigenvalue weighted by Gasteiger charge is -2.24. The Morgan fingerprint density at radius 1 is 1.19 bits per heavy atom. The minimum absolute atomic E-state index is 0.114. The van der Waals surface area contributed by atoms with Crippen molar-refractivity contribution in [2.45, 2.75) is 18.4 Å². The average molecular weight is 216 g/mol. The predicted molar refractivity (Wildman–Crippen MR) is 65.1 cm³/mol. The highest BCUT2D eigenvalue weighted by Crippen LogP contribution is 2.40. The van der Waals surface area contributed by atoms with E-state index in [4.69, 9.17) is 4.74 Å². The van der Waals surface area contributed by atoms with E-state index in [1.807, 2.05) is 6.07 Å². The minimum atomic E-state index is 0.114. The molecule has 0 saturated carbocycles. The van der Waals surface area contributed by atoms with Gasteiger partial charge in [-0.05, 0) is 12.1 Å². The van der Waals surface area contributed by atoms with Gasteiger partial charge in [0.15, 0.2) is 0 Å². The van der Waals surface area contributed by atoms with Crippen LogP contribution in [-0.4, -0.2) is 31.6 Å². The van der Waals surface area contributed by atoms with Gasteiger partial charge in [0, 0.05) is 38.8 Å². The number of ether oxygens (including phenoxy) is 1. The Balaban J connectivity index is 1.74. The summed E-state index contributed by atoms with van der Waals surface area (Å²) in [6.45, 7) is 1.69. The lowest BCUT2D eigenvalue weighted by atomic mass is 9.96. The zero-order valence-corrected chi connectivity index (χ0v) is 9.52. The number of hydrogen-bond donors (Lipinski definition) is 0. The highest BCUT2D eigenvalue weighted by Gasteiger charge is 2.50. The van der Waals surface area contributed by atoms with Crippen molar-refractivity contribution >= 4 is 11.5 Å². The first-order chi connectivity index (χ1) is 7.82. The Morgan fingerprint density at radius 3 is 2.56 bits per heavy atom. The van der Waals surface area contributed by atoms with Crippen LogP contribution in [0.5, 0.6) is 0 Å². The molecule has 0 amide bonds. The molecule has 3 heteroatoms. The first-order valence-electron chi connectivity index (χ1n) is 5.79. The number of aliphatic imine (C=N–C) groups is 1.